The highest BCUT2D eigenvalue weighted by Gasteiger charge is 2.18. The van der Waals surface area contributed by atoms with Gasteiger partial charge in [-0.1, -0.05) is 42.0 Å². The Labute approximate surface area is 78.7 Å². The van der Waals surface area contributed by atoms with Gasteiger partial charge in [-0.25, -0.2) is 0 Å². The van der Waals surface area contributed by atoms with Gasteiger partial charge in [0, 0.05) is 5.92 Å². The summed E-state index contributed by atoms with van der Waals surface area (Å²) in [5.41, 5.74) is 2.63. The van der Waals surface area contributed by atoms with E-state index in [9.17, 15) is 5.11 Å². The fourth-order valence-electron chi connectivity index (χ4n) is 1.75. The maximum Gasteiger partial charge on any atom is 0.0537 e. The van der Waals surface area contributed by atoms with E-state index in [0.29, 0.717) is 0 Å². The molecule has 0 bridgehead atoms. The van der Waals surface area contributed by atoms with Crippen molar-refractivity contribution in [3.8, 4) is 0 Å². The molecule has 1 nitrogen and oxygen atoms in total. The van der Waals surface area contributed by atoms with Crippen LogP contribution in [0.4, 0.5) is 0 Å². The number of allylic oxidation sites excluding steroid dienone is 1. The van der Waals surface area contributed by atoms with Crippen molar-refractivity contribution in [1.29, 1.82) is 0 Å². The lowest BCUT2D eigenvalue weighted by molar-refractivity contribution is 0.275. The lowest BCUT2D eigenvalue weighted by atomic mass is 9.83. The minimum Gasteiger partial charge on any atom is -0.395 e. The maximum atomic E-state index is 9.27. The van der Waals surface area contributed by atoms with Crippen LogP contribution >= 0.6 is 0 Å². The van der Waals surface area contributed by atoms with Gasteiger partial charge in [-0.05, 0) is 18.4 Å². The number of hydrogen-bond acceptors (Lipinski definition) is 1. The van der Waals surface area contributed by atoms with Crippen LogP contribution in [0.25, 0.3) is 0 Å². The quantitative estimate of drug-likeness (QED) is 0.698. The number of aliphatic hydroxyl groups is 1. The van der Waals surface area contributed by atoms with E-state index in [2.05, 4.69) is 18.2 Å². The first-order valence-electron chi connectivity index (χ1n) is 4.76. The van der Waals surface area contributed by atoms with Crippen molar-refractivity contribution in [2.45, 2.75) is 18.8 Å². The van der Waals surface area contributed by atoms with Crippen LogP contribution in [0, 0.1) is 0 Å². The number of aliphatic hydroxyl groups excluding tert-OH is 1. The zero-order valence-electron chi connectivity index (χ0n) is 7.61. The molecule has 1 atom stereocenters. The molecular formula is C12H14O. The van der Waals surface area contributed by atoms with Gasteiger partial charge in [0.1, 0.15) is 0 Å². The summed E-state index contributed by atoms with van der Waals surface area (Å²) in [4.78, 5) is 0. The van der Waals surface area contributed by atoms with Crippen LogP contribution in [0.3, 0.4) is 0 Å². The first kappa shape index (κ1) is 8.52. The van der Waals surface area contributed by atoms with Crippen LogP contribution in [0.15, 0.2) is 42.0 Å². The first-order valence-corrected chi connectivity index (χ1v) is 4.76. The molecular weight excluding hydrogens is 160 g/mol. The zero-order chi connectivity index (χ0) is 9.10. The summed E-state index contributed by atoms with van der Waals surface area (Å²) < 4.78 is 0. The highest BCUT2D eigenvalue weighted by Crippen LogP contribution is 2.32. The standard InChI is InChI=1S/C12H14O/c13-9-12(11-7-4-8-11)10-5-2-1-3-6-10/h1-3,5-7,12-13H,4,8-9H2/t12-/m0/s1. The lowest BCUT2D eigenvalue weighted by Gasteiger charge is -2.23. The van der Waals surface area contributed by atoms with E-state index in [1.165, 1.54) is 17.6 Å². The zero-order valence-corrected chi connectivity index (χ0v) is 7.61. The Balaban J connectivity index is 2.22. The van der Waals surface area contributed by atoms with Crippen LogP contribution in [0.2, 0.25) is 0 Å². The van der Waals surface area contributed by atoms with E-state index in [0.717, 1.165) is 6.42 Å². The van der Waals surface area contributed by atoms with Gasteiger partial charge in [-0.3, -0.25) is 0 Å². The molecule has 0 aromatic heterocycles. The monoisotopic (exact) mass is 174 g/mol. The van der Waals surface area contributed by atoms with E-state index in [1.807, 2.05) is 18.2 Å². The smallest absolute Gasteiger partial charge is 0.0537 e. The number of benzene rings is 1. The second kappa shape index (κ2) is 3.75. The van der Waals surface area contributed by atoms with Gasteiger partial charge in [0.25, 0.3) is 0 Å². The SMILES string of the molecule is OC[C@H](C1=CCC1)c1ccccc1. The molecule has 1 aliphatic carbocycles. The molecule has 1 N–H and O–H groups in total. The van der Waals surface area contributed by atoms with Gasteiger partial charge in [0.2, 0.25) is 0 Å². The molecule has 1 aromatic rings. The van der Waals surface area contributed by atoms with E-state index >= 15 is 0 Å². The molecule has 0 unspecified atom stereocenters. The Morgan fingerprint density at radius 1 is 1.23 bits per heavy atom. The number of rotatable bonds is 3. The summed E-state index contributed by atoms with van der Waals surface area (Å²) in [5.74, 6) is 0.245. The van der Waals surface area contributed by atoms with Crippen LogP contribution in [-0.4, -0.2) is 11.7 Å². The summed E-state index contributed by atoms with van der Waals surface area (Å²) in [7, 11) is 0. The minimum absolute atomic E-state index is 0.232. The third-order valence-corrected chi connectivity index (χ3v) is 2.67. The maximum absolute atomic E-state index is 9.27. The van der Waals surface area contributed by atoms with Crippen molar-refractivity contribution in [2.24, 2.45) is 0 Å². The van der Waals surface area contributed by atoms with Crippen molar-refractivity contribution in [2.75, 3.05) is 6.61 Å². The minimum atomic E-state index is 0.232. The Bertz CT molecular complexity index is 300. The van der Waals surface area contributed by atoms with Gasteiger partial charge < -0.3 is 5.11 Å². The predicted octanol–water partition coefficient (Wildman–Crippen LogP) is 2.48. The third kappa shape index (κ3) is 1.65. The normalized spacial score (nSPS) is 17.5. The molecule has 68 valence electrons. The van der Waals surface area contributed by atoms with E-state index in [4.69, 9.17) is 0 Å². The largest absolute Gasteiger partial charge is 0.395 e. The van der Waals surface area contributed by atoms with E-state index < -0.39 is 0 Å². The van der Waals surface area contributed by atoms with Gasteiger partial charge >= 0.3 is 0 Å². The number of hydrogen-bond donors (Lipinski definition) is 1. The van der Waals surface area contributed by atoms with Crippen molar-refractivity contribution < 1.29 is 5.11 Å². The third-order valence-electron chi connectivity index (χ3n) is 2.67. The Kier molecular flexibility index (Phi) is 2.46. The molecule has 0 spiro atoms. The Morgan fingerprint density at radius 2 is 1.92 bits per heavy atom. The second-order valence-electron chi connectivity index (χ2n) is 3.46. The average Bonchev–Trinajstić information content (AvgIpc) is 2.12. The van der Waals surface area contributed by atoms with Crippen LogP contribution in [0.5, 0.6) is 0 Å². The van der Waals surface area contributed by atoms with Crippen molar-refractivity contribution in [3.05, 3.63) is 47.5 Å². The lowest BCUT2D eigenvalue weighted by Crippen LogP contribution is -2.11. The first-order chi connectivity index (χ1) is 6.42. The molecule has 0 amide bonds. The van der Waals surface area contributed by atoms with Gasteiger partial charge in [0.15, 0.2) is 0 Å². The summed E-state index contributed by atoms with van der Waals surface area (Å²) in [5, 5.41) is 9.27. The molecule has 0 saturated carbocycles. The summed E-state index contributed by atoms with van der Waals surface area (Å²) >= 11 is 0. The molecule has 0 aliphatic heterocycles. The predicted molar refractivity (Wildman–Crippen MR) is 53.6 cm³/mol. The van der Waals surface area contributed by atoms with Crippen molar-refractivity contribution in [1.82, 2.24) is 0 Å². The van der Waals surface area contributed by atoms with Crippen LogP contribution in [0.1, 0.15) is 24.3 Å². The van der Waals surface area contributed by atoms with E-state index in [1.54, 1.807) is 0 Å². The van der Waals surface area contributed by atoms with Crippen LogP contribution in [-0.2, 0) is 0 Å². The fraction of sp³-hybridized carbons (Fsp3) is 0.333. The van der Waals surface area contributed by atoms with Gasteiger partial charge in [-0.2, -0.15) is 0 Å². The average molecular weight is 174 g/mol. The highest BCUT2D eigenvalue weighted by atomic mass is 16.3. The molecule has 0 radical (unpaired) electrons. The topological polar surface area (TPSA) is 20.2 Å². The molecule has 1 aliphatic rings. The molecule has 1 heteroatoms. The second-order valence-corrected chi connectivity index (χ2v) is 3.46. The highest BCUT2D eigenvalue weighted by molar-refractivity contribution is 5.32. The molecule has 0 saturated heterocycles. The van der Waals surface area contributed by atoms with Crippen molar-refractivity contribution >= 4 is 0 Å². The molecule has 0 heterocycles. The Morgan fingerprint density at radius 3 is 2.38 bits per heavy atom. The van der Waals surface area contributed by atoms with Gasteiger partial charge in [0.05, 0.1) is 6.61 Å². The molecule has 2 rings (SSSR count). The summed E-state index contributed by atoms with van der Waals surface area (Å²) in [6.07, 6.45) is 4.56. The molecule has 13 heavy (non-hydrogen) atoms. The van der Waals surface area contributed by atoms with E-state index in [-0.39, 0.29) is 12.5 Å². The summed E-state index contributed by atoms with van der Waals surface area (Å²) in [6, 6.07) is 10.2. The van der Waals surface area contributed by atoms with Crippen molar-refractivity contribution in [3.63, 3.8) is 0 Å². The van der Waals surface area contributed by atoms with Gasteiger partial charge in [-0.15, -0.1) is 0 Å². The fourth-order valence-corrected chi connectivity index (χ4v) is 1.75. The van der Waals surface area contributed by atoms with Crippen LogP contribution < -0.4 is 0 Å². The molecule has 0 fully saturated rings. The summed E-state index contributed by atoms with van der Waals surface area (Å²) in [6.45, 7) is 0.232. The molecule has 1 aromatic carbocycles. The Hall–Kier alpha value is -1.08.